The third-order valence-electron chi connectivity index (χ3n) is 3.38. The van der Waals surface area contributed by atoms with E-state index in [9.17, 15) is 8.42 Å². The van der Waals surface area contributed by atoms with Crippen LogP contribution in [0.15, 0.2) is 17.2 Å². The van der Waals surface area contributed by atoms with Crippen LogP contribution in [-0.2, 0) is 28.4 Å². The Bertz CT molecular complexity index is 518. The molecule has 7 heteroatoms. The van der Waals surface area contributed by atoms with Crippen LogP contribution in [0.1, 0.15) is 25.0 Å². The van der Waals surface area contributed by atoms with E-state index in [4.69, 9.17) is 10.5 Å². The molecule has 1 unspecified atom stereocenters. The number of nitrogens with one attached hydrogen (secondary N) is 1. The van der Waals surface area contributed by atoms with E-state index in [0.29, 0.717) is 13.1 Å². The molecule has 1 aliphatic heterocycles. The van der Waals surface area contributed by atoms with Crippen molar-refractivity contribution in [1.29, 1.82) is 0 Å². The van der Waals surface area contributed by atoms with Crippen molar-refractivity contribution in [2.24, 2.45) is 12.8 Å². The third kappa shape index (κ3) is 3.56. The summed E-state index contributed by atoms with van der Waals surface area (Å²) in [7, 11) is -1.66. The molecule has 0 amide bonds. The smallest absolute Gasteiger partial charge is 0.242 e. The van der Waals surface area contributed by atoms with Crippen molar-refractivity contribution >= 4 is 10.0 Å². The van der Waals surface area contributed by atoms with Crippen LogP contribution in [0, 0.1) is 0 Å². The number of ether oxygens (including phenoxy) is 1. The first kappa shape index (κ1) is 14.5. The molecule has 0 radical (unpaired) electrons. The maximum Gasteiger partial charge on any atom is 0.242 e. The lowest BCUT2D eigenvalue weighted by Crippen LogP contribution is -2.27. The average molecular weight is 287 g/mol. The number of nitrogens with two attached hydrogens (primary N) is 1. The molecule has 2 heterocycles. The molecule has 1 aliphatic rings. The summed E-state index contributed by atoms with van der Waals surface area (Å²) < 4.78 is 34.0. The van der Waals surface area contributed by atoms with Crippen molar-refractivity contribution < 1.29 is 13.2 Å². The van der Waals surface area contributed by atoms with E-state index < -0.39 is 10.0 Å². The molecular weight excluding hydrogens is 266 g/mol. The van der Waals surface area contributed by atoms with Crippen molar-refractivity contribution in [3.63, 3.8) is 0 Å². The summed E-state index contributed by atoms with van der Waals surface area (Å²) >= 11 is 0. The summed E-state index contributed by atoms with van der Waals surface area (Å²) in [6.07, 6.45) is 4.57. The van der Waals surface area contributed by atoms with Crippen LogP contribution in [-0.4, -0.2) is 32.2 Å². The maximum absolute atomic E-state index is 12.1. The predicted octanol–water partition coefficient (Wildman–Crippen LogP) is 0.331. The maximum atomic E-state index is 12.1. The van der Waals surface area contributed by atoms with E-state index in [1.165, 1.54) is 0 Å². The van der Waals surface area contributed by atoms with Gasteiger partial charge in [0.1, 0.15) is 0 Å². The molecule has 0 saturated carbocycles. The fourth-order valence-electron chi connectivity index (χ4n) is 2.24. The molecule has 1 aromatic rings. The van der Waals surface area contributed by atoms with Crippen LogP contribution >= 0.6 is 0 Å². The Balaban J connectivity index is 1.93. The van der Waals surface area contributed by atoms with Gasteiger partial charge in [0.15, 0.2) is 0 Å². The first-order valence-corrected chi connectivity index (χ1v) is 7.98. The zero-order valence-corrected chi connectivity index (χ0v) is 11.9. The highest BCUT2D eigenvalue weighted by atomic mass is 32.2. The van der Waals surface area contributed by atoms with Gasteiger partial charge in [-0.05, 0) is 25.3 Å². The number of sulfonamides is 1. The van der Waals surface area contributed by atoms with Crippen LogP contribution in [0.5, 0.6) is 0 Å². The average Bonchev–Trinajstić information content (AvgIpc) is 2.98. The van der Waals surface area contributed by atoms with Gasteiger partial charge in [0, 0.05) is 38.6 Å². The second-order valence-corrected chi connectivity index (χ2v) is 6.57. The molecule has 2 rings (SSSR count). The van der Waals surface area contributed by atoms with Gasteiger partial charge in [-0.2, -0.15) is 0 Å². The number of rotatable bonds is 6. The Kier molecular flexibility index (Phi) is 4.62. The molecule has 1 fully saturated rings. The summed E-state index contributed by atoms with van der Waals surface area (Å²) in [5.74, 6) is 0. The quantitative estimate of drug-likeness (QED) is 0.789. The SMILES string of the molecule is Cn1cc(S(=O)(=O)NCCC2CCCO2)cc1CN. The first-order valence-electron chi connectivity index (χ1n) is 6.49. The number of hydrogen-bond donors (Lipinski definition) is 2. The lowest BCUT2D eigenvalue weighted by molar-refractivity contribution is 0.105. The van der Waals surface area contributed by atoms with Gasteiger partial charge in [0.2, 0.25) is 10.0 Å². The summed E-state index contributed by atoms with van der Waals surface area (Å²) in [6, 6.07) is 1.61. The summed E-state index contributed by atoms with van der Waals surface area (Å²) in [5, 5.41) is 0. The summed E-state index contributed by atoms with van der Waals surface area (Å²) in [4.78, 5) is 0.266. The number of aryl methyl sites for hydroxylation is 1. The molecule has 0 aromatic carbocycles. The molecular formula is C12H21N3O3S. The van der Waals surface area contributed by atoms with Gasteiger partial charge < -0.3 is 15.0 Å². The van der Waals surface area contributed by atoms with Crippen LogP contribution < -0.4 is 10.5 Å². The molecule has 108 valence electrons. The van der Waals surface area contributed by atoms with Crippen LogP contribution in [0.4, 0.5) is 0 Å². The van der Waals surface area contributed by atoms with E-state index in [1.54, 1.807) is 23.9 Å². The Morgan fingerprint density at radius 1 is 1.58 bits per heavy atom. The Hall–Kier alpha value is -0.890. The number of hydrogen-bond acceptors (Lipinski definition) is 4. The monoisotopic (exact) mass is 287 g/mol. The second kappa shape index (κ2) is 6.04. The fraction of sp³-hybridized carbons (Fsp3) is 0.667. The van der Waals surface area contributed by atoms with E-state index in [0.717, 1.165) is 31.6 Å². The van der Waals surface area contributed by atoms with E-state index in [2.05, 4.69) is 4.72 Å². The predicted molar refractivity (Wildman–Crippen MR) is 72.1 cm³/mol. The lowest BCUT2D eigenvalue weighted by atomic mass is 10.2. The van der Waals surface area contributed by atoms with Crippen molar-refractivity contribution in [3.8, 4) is 0 Å². The van der Waals surface area contributed by atoms with Gasteiger partial charge in [-0.25, -0.2) is 13.1 Å². The minimum Gasteiger partial charge on any atom is -0.378 e. The normalized spacial score (nSPS) is 20.0. The van der Waals surface area contributed by atoms with E-state index >= 15 is 0 Å². The molecule has 3 N–H and O–H groups in total. The Morgan fingerprint density at radius 2 is 2.37 bits per heavy atom. The van der Waals surface area contributed by atoms with Crippen molar-refractivity contribution in [2.75, 3.05) is 13.2 Å². The third-order valence-corrected chi connectivity index (χ3v) is 4.81. The highest BCUT2D eigenvalue weighted by Gasteiger charge is 2.19. The van der Waals surface area contributed by atoms with Crippen LogP contribution in [0.3, 0.4) is 0 Å². The molecule has 1 aromatic heterocycles. The van der Waals surface area contributed by atoms with Crippen molar-refractivity contribution in [3.05, 3.63) is 18.0 Å². The molecule has 19 heavy (non-hydrogen) atoms. The van der Waals surface area contributed by atoms with Crippen molar-refractivity contribution in [1.82, 2.24) is 9.29 Å². The molecule has 0 spiro atoms. The Labute approximate surface area is 114 Å². The van der Waals surface area contributed by atoms with Gasteiger partial charge in [-0.3, -0.25) is 0 Å². The molecule has 1 saturated heterocycles. The first-order chi connectivity index (χ1) is 9.03. The van der Waals surface area contributed by atoms with Gasteiger partial charge in [0.25, 0.3) is 0 Å². The number of aromatic nitrogens is 1. The second-order valence-electron chi connectivity index (χ2n) is 4.80. The highest BCUT2D eigenvalue weighted by molar-refractivity contribution is 7.89. The topological polar surface area (TPSA) is 86.3 Å². The largest absolute Gasteiger partial charge is 0.378 e. The standard InChI is InChI=1S/C12H21N3O3S/c1-15-9-12(7-10(15)8-13)19(16,17)14-5-4-11-3-2-6-18-11/h7,9,11,14H,2-6,8,13H2,1H3. The Morgan fingerprint density at radius 3 is 2.95 bits per heavy atom. The van der Waals surface area contributed by atoms with Crippen LogP contribution in [0.2, 0.25) is 0 Å². The lowest BCUT2D eigenvalue weighted by Gasteiger charge is -2.09. The summed E-state index contributed by atoms with van der Waals surface area (Å²) in [6.45, 7) is 1.51. The zero-order valence-electron chi connectivity index (χ0n) is 11.1. The minimum atomic E-state index is -3.45. The minimum absolute atomic E-state index is 0.193. The molecule has 0 bridgehead atoms. The van der Waals surface area contributed by atoms with Gasteiger partial charge in [-0.1, -0.05) is 0 Å². The van der Waals surface area contributed by atoms with E-state index in [1.807, 2.05) is 0 Å². The molecule has 1 atom stereocenters. The highest BCUT2D eigenvalue weighted by Crippen LogP contribution is 2.16. The zero-order chi connectivity index (χ0) is 13.9. The van der Waals surface area contributed by atoms with Gasteiger partial charge in [0.05, 0.1) is 11.0 Å². The molecule has 6 nitrogen and oxygen atoms in total. The fourth-order valence-corrected chi connectivity index (χ4v) is 3.38. The van der Waals surface area contributed by atoms with Crippen molar-refractivity contribution in [2.45, 2.75) is 36.8 Å². The summed E-state index contributed by atoms with van der Waals surface area (Å²) in [5.41, 5.74) is 6.33. The van der Waals surface area contributed by atoms with E-state index in [-0.39, 0.29) is 11.0 Å². The van der Waals surface area contributed by atoms with Crippen LogP contribution in [0.25, 0.3) is 0 Å². The number of nitrogens with zero attached hydrogens (tertiary/aromatic N) is 1. The molecule has 0 aliphatic carbocycles. The van der Waals surface area contributed by atoms with Gasteiger partial charge >= 0.3 is 0 Å². The van der Waals surface area contributed by atoms with Gasteiger partial charge in [-0.15, -0.1) is 0 Å².